The van der Waals surface area contributed by atoms with Crippen LogP contribution in [0.3, 0.4) is 0 Å². The summed E-state index contributed by atoms with van der Waals surface area (Å²) in [5.74, 6) is 0. The van der Waals surface area contributed by atoms with E-state index in [2.05, 4.69) is 5.32 Å². The number of rotatable bonds is 6. The van der Waals surface area contributed by atoms with Crippen molar-refractivity contribution in [1.29, 1.82) is 0 Å². The average molecular weight is 307 g/mol. The Morgan fingerprint density at radius 3 is 2.32 bits per heavy atom. The van der Waals surface area contributed by atoms with Gasteiger partial charge in [0.2, 0.25) is 0 Å². The maximum atomic E-state index is 11.4. The SMILES string of the molecule is CCC(C)Nc1c([N+](=O)[O-])cc(C=C(C)C)c(C)c1[N+](=O)[O-]. The second-order valence-corrected chi connectivity index (χ2v) is 5.52. The second kappa shape index (κ2) is 7.02. The summed E-state index contributed by atoms with van der Waals surface area (Å²) in [6.07, 6.45) is 2.41. The van der Waals surface area contributed by atoms with Crippen molar-refractivity contribution in [3.05, 3.63) is 43.0 Å². The minimum absolute atomic E-state index is 0.0206. The van der Waals surface area contributed by atoms with Crippen molar-refractivity contribution in [2.75, 3.05) is 5.32 Å². The maximum absolute atomic E-state index is 11.4. The van der Waals surface area contributed by atoms with E-state index in [1.807, 2.05) is 27.7 Å². The van der Waals surface area contributed by atoms with Crippen LogP contribution < -0.4 is 5.32 Å². The Bertz CT molecular complexity index is 634. The third kappa shape index (κ3) is 3.81. The van der Waals surface area contributed by atoms with Crippen molar-refractivity contribution in [3.8, 4) is 0 Å². The van der Waals surface area contributed by atoms with E-state index in [0.717, 1.165) is 5.57 Å². The molecule has 1 atom stereocenters. The fourth-order valence-corrected chi connectivity index (χ4v) is 2.10. The zero-order valence-corrected chi connectivity index (χ0v) is 13.5. The van der Waals surface area contributed by atoms with Gasteiger partial charge in [-0.15, -0.1) is 0 Å². The molecular weight excluding hydrogens is 286 g/mol. The van der Waals surface area contributed by atoms with Gasteiger partial charge in [0.1, 0.15) is 0 Å². The van der Waals surface area contributed by atoms with Gasteiger partial charge in [-0.1, -0.05) is 18.6 Å². The maximum Gasteiger partial charge on any atom is 0.302 e. The smallest absolute Gasteiger partial charge is 0.302 e. The third-order valence-corrected chi connectivity index (χ3v) is 3.40. The van der Waals surface area contributed by atoms with Crippen LogP contribution >= 0.6 is 0 Å². The van der Waals surface area contributed by atoms with Crippen LogP contribution in [-0.2, 0) is 0 Å². The Hall–Kier alpha value is -2.44. The monoisotopic (exact) mass is 307 g/mol. The Morgan fingerprint density at radius 1 is 1.32 bits per heavy atom. The minimum atomic E-state index is -0.584. The minimum Gasteiger partial charge on any atom is -0.371 e. The van der Waals surface area contributed by atoms with Crippen molar-refractivity contribution in [3.63, 3.8) is 0 Å². The molecule has 0 heterocycles. The molecule has 0 spiro atoms. The lowest BCUT2D eigenvalue weighted by atomic mass is 10.0. The Balaban J connectivity index is 3.72. The number of nitrogens with one attached hydrogen (secondary N) is 1. The molecule has 22 heavy (non-hydrogen) atoms. The zero-order chi connectivity index (χ0) is 17.0. The summed E-state index contributed by atoms with van der Waals surface area (Å²) in [6.45, 7) is 9.01. The Morgan fingerprint density at radius 2 is 1.91 bits per heavy atom. The van der Waals surface area contributed by atoms with Crippen LogP contribution in [0.1, 0.15) is 45.2 Å². The molecule has 7 heteroatoms. The molecule has 1 unspecified atom stereocenters. The highest BCUT2D eigenvalue weighted by molar-refractivity contribution is 5.81. The summed E-state index contributed by atoms with van der Waals surface area (Å²) in [5.41, 5.74) is 1.30. The number of hydrogen-bond acceptors (Lipinski definition) is 5. The van der Waals surface area contributed by atoms with Crippen LogP contribution in [0, 0.1) is 27.2 Å². The topological polar surface area (TPSA) is 98.3 Å². The Labute approximate surface area is 129 Å². The first kappa shape index (κ1) is 17.6. The van der Waals surface area contributed by atoms with Crippen LogP contribution in [0.25, 0.3) is 6.08 Å². The highest BCUT2D eigenvalue weighted by Gasteiger charge is 2.30. The van der Waals surface area contributed by atoms with Gasteiger partial charge in [-0.25, -0.2) is 0 Å². The number of nitro groups is 2. The lowest BCUT2D eigenvalue weighted by Gasteiger charge is -2.15. The lowest BCUT2D eigenvalue weighted by Crippen LogP contribution is -2.16. The number of anilines is 1. The summed E-state index contributed by atoms with van der Waals surface area (Å²) in [5, 5.41) is 25.7. The number of hydrogen-bond donors (Lipinski definition) is 1. The first-order valence-corrected chi connectivity index (χ1v) is 7.06. The van der Waals surface area contributed by atoms with Crippen molar-refractivity contribution >= 4 is 23.1 Å². The van der Waals surface area contributed by atoms with E-state index in [9.17, 15) is 20.2 Å². The van der Waals surface area contributed by atoms with Gasteiger partial charge in [0.25, 0.3) is 5.69 Å². The largest absolute Gasteiger partial charge is 0.371 e. The summed E-state index contributed by atoms with van der Waals surface area (Å²) >= 11 is 0. The molecule has 0 aliphatic heterocycles. The number of benzene rings is 1. The molecule has 0 bridgehead atoms. The number of nitro benzene ring substituents is 2. The van der Waals surface area contributed by atoms with Crippen molar-refractivity contribution in [1.82, 2.24) is 0 Å². The van der Waals surface area contributed by atoms with Crippen LogP contribution in [0.15, 0.2) is 11.6 Å². The molecule has 1 rings (SSSR count). The molecule has 1 N–H and O–H groups in total. The summed E-state index contributed by atoms with van der Waals surface area (Å²) in [7, 11) is 0. The van der Waals surface area contributed by atoms with Crippen molar-refractivity contribution in [2.24, 2.45) is 0 Å². The lowest BCUT2D eigenvalue weighted by molar-refractivity contribution is -0.392. The van der Waals surface area contributed by atoms with Crippen molar-refractivity contribution in [2.45, 2.75) is 47.1 Å². The highest BCUT2D eigenvalue weighted by atomic mass is 16.6. The highest BCUT2D eigenvalue weighted by Crippen LogP contribution is 2.40. The van der Waals surface area contributed by atoms with Gasteiger partial charge >= 0.3 is 5.69 Å². The van der Waals surface area contributed by atoms with E-state index in [4.69, 9.17) is 0 Å². The molecule has 0 saturated carbocycles. The van der Waals surface area contributed by atoms with E-state index in [1.54, 1.807) is 13.0 Å². The molecule has 1 aromatic rings. The average Bonchev–Trinajstić information content (AvgIpc) is 2.40. The quantitative estimate of drug-likeness (QED) is 0.618. The van der Waals surface area contributed by atoms with Crippen LogP contribution in [-0.4, -0.2) is 15.9 Å². The summed E-state index contributed by atoms with van der Waals surface area (Å²) in [6, 6.07) is 1.28. The van der Waals surface area contributed by atoms with Gasteiger partial charge in [0.15, 0.2) is 5.69 Å². The molecular formula is C15H21N3O4. The van der Waals surface area contributed by atoms with Gasteiger partial charge in [0, 0.05) is 17.7 Å². The first-order valence-electron chi connectivity index (χ1n) is 7.06. The molecule has 0 aliphatic carbocycles. The summed E-state index contributed by atoms with van der Waals surface area (Å²) < 4.78 is 0. The van der Waals surface area contributed by atoms with Crippen LogP contribution in [0.5, 0.6) is 0 Å². The van der Waals surface area contributed by atoms with Gasteiger partial charge in [-0.05, 0) is 39.7 Å². The van der Waals surface area contributed by atoms with Crippen molar-refractivity contribution < 1.29 is 9.85 Å². The van der Waals surface area contributed by atoms with Gasteiger partial charge in [-0.2, -0.15) is 0 Å². The van der Waals surface area contributed by atoms with E-state index in [-0.39, 0.29) is 23.1 Å². The molecule has 0 aromatic heterocycles. The molecule has 0 radical (unpaired) electrons. The van der Waals surface area contributed by atoms with Gasteiger partial charge in [-0.3, -0.25) is 20.2 Å². The van der Waals surface area contributed by atoms with E-state index in [1.165, 1.54) is 6.07 Å². The van der Waals surface area contributed by atoms with E-state index >= 15 is 0 Å². The van der Waals surface area contributed by atoms with E-state index < -0.39 is 9.85 Å². The predicted octanol–water partition coefficient (Wildman–Crippen LogP) is 4.45. The molecule has 1 aromatic carbocycles. The van der Waals surface area contributed by atoms with E-state index in [0.29, 0.717) is 17.5 Å². The standard InChI is InChI=1S/C15H21N3O4/c1-6-10(4)16-14-13(17(19)20)8-12(7-9(2)3)11(5)15(14)18(21)22/h7-8,10,16H,6H2,1-5H3. The predicted molar refractivity (Wildman–Crippen MR) is 87.2 cm³/mol. The molecule has 120 valence electrons. The molecule has 0 amide bonds. The third-order valence-electron chi connectivity index (χ3n) is 3.40. The Kier molecular flexibility index (Phi) is 5.62. The summed E-state index contributed by atoms with van der Waals surface area (Å²) in [4.78, 5) is 21.6. The zero-order valence-electron chi connectivity index (χ0n) is 13.5. The van der Waals surface area contributed by atoms with Gasteiger partial charge < -0.3 is 5.32 Å². The number of nitrogens with zero attached hydrogens (tertiary/aromatic N) is 2. The normalized spacial score (nSPS) is 11.7. The molecule has 0 fully saturated rings. The fourth-order valence-electron chi connectivity index (χ4n) is 2.10. The fraction of sp³-hybridized carbons (Fsp3) is 0.467. The van der Waals surface area contributed by atoms with Gasteiger partial charge in [0.05, 0.1) is 9.85 Å². The molecule has 7 nitrogen and oxygen atoms in total. The van der Waals surface area contributed by atoms with Crippen LogP contribution in [0.4, 0.5) is 17.1 Å². The first-order chi connectivity index (χ1) is 10.2. The van der Waals surface area contributed by atoms with Crippen LogP contribution in [0.2, 0.25) is 0 Å². The molecule has 0 saturated heterocycles. The number of allylic oxidation sites excluding steroid dienone is 1. The molecule has 0 aliphatic rings. The second-order valence-electron chi connectivity index (χ2n) is 5.52.